The second-order valence-electron chi connectivity index (χ2n) is 5.16. The average molecular weight is 224 g/mol. The number of guanidine groups is 1. The molecule has 0 aliphatic carbocycles. The minimum Gasteiger partial charge on any atom is -0.370 e. The summed E-state index contributed by atoms with van der Waals surface area (Å²) in [6, 6.07) is 0. The van der Waals surface area contributed by atoms with Crippen LogP contribution in [0, 0.1) is 5.92 Å². The van der Waals surface area contributed by atoms with E-state index in [-0.39, 0.29) is 0 Å². The Labute approximate surface area is 98.5 Å². The zero-order chi connectivity index (χ0) is 11.4. The van der Waals surface area contributed by atoms with E-state index in [9.17, 15) is 0 Å². The number of hydrogen-bond acceptors (Lipinski definition) is 2. The second kappa shape index (κ2) is 5.53. The quantitative estimate of drug-likeness (QED) is 0.556. The summed E-state index contributed by atoms with van der Waals surface area (Å²) in [6.45, 7) is 5.49. The van der Waals surface area contributed by atoms with Gasteiger partial charge in [-0.3, -0.25) is 4.99 Å². The van der Waals surface area contributed by atoms with E-state index in [1.54, 1.807) is 0 Å². The first-order valence-electron chi connectivity index (χ1n) is 6.49. The Balaban J connectivity index is 1.77. The summed E-state index contributed by atoms with van der Waals surface area (Å²) in [4.78, 5) is 9.17. The summed E-state index contributed by atoms with van der Waals surface area (Å²) >= 11 is 0. The maximum Gasteiger partial charge on any atom is 0.191 e. The minimum absolute atomic E-state index is 0.716. The van der Waals surface area contributed by atoms with Crippen LogP contribution < -0.4 is 5.73 Å². The van der Waals surface area contributed by atoms with Gasteiger partial charge in [0.1, 0.15) is 0 Å². The normalized spacial score (nSPS) is 28.7. The molecule has 1 unspecified atom stereocenters. The molecular formula is C12H24N4. The Hall–Kier alpha value is -0.770. The van der Waals surface area contributed by atoms with E-state index >= 15 is 0 Å². The van der Waals surface area contributed by atoms with Crippen molar-refractivity contribution in [3.8, 4) is 0 Å². The molecule has 0 bridgehead atoms. The molecule has 2 fully saturated rings. The third-order valence-corrected chi connectivity index (χ3v) is 3.68. The summed E-state index contributed by atoms with van der Waals surface area (Å²) in [5, 5.41) is 0. The molecule has 0 aromatic carbocycles. The largest absolute Gasteiger partial charge is 0.370 e. The van der Waals surface area contributed by atoms with Gasteiger partial charge >= 0.3 is 0 Å². The fraction of sp³-hybridized carbons (Fsp3) is 0.917. The van der Waals surface area contributed by atoms with E-state index in [4.69, 9.17) is 5.73 Å². The van der Waals surface area contributed by atoms with Gasteiger partial charge in [-0.1, -0.05) is 0 Å². The van der Waals surface area contributed by atoms with E-state index in [2.05, 4.69) is 21.8 Å². The lowest BCUT2D eigenvalue weighted by Gasteiger charge is -2.27. The molecule has 92 valence electrons. The molecule has 0 amide bonds. The van der Waals surface area contributed by atoms with Crippen LogP contribution in [0.2, 0.25) is 0 Å². The van der Waals surface area contributed by atoms with Crippen molar-refractivity contribution >= 4 is 5.96 Å². The van der Waals surface area contributed by atoms with Crippen molar-refractivity contribution in [2.75, 3.05) is 39.8 Å². The average Bonchev–Trinajstić information content (AvgIpc) is 2.73. The van der Waals surface area contributed by atoms with Crippen LogP contribution in [-0.2, 0) is 0 Å². The monoisotopic (exact) mass is 224 g/mol. The lowest BCUT2D eigenvalue weighted by Crippen LogP contribution is -2.41. The van der Waals surface area contributed by atoms with E-state index in [0.717, 1.165) is 25.6 Å². The van der Waals surface area contributed by atoms with Gasteiger partial charge in [-0.25, -0.2) is 0 Å². The van der Waals surface area contributed by atoms with Crippen molar-refractivity contribution < 1.29 is 0 Å². The predicted octanol–water partition coefficient (Wildman–Crippen LogP) is 0.739. The van der Waals surface area contributed by atoms with Crippen LogP contribution in [0.15, 0.2) is 4.99 Å². The van der Waals surface area contributed by atoms with Gasteiger partial charge in [0, 0.05) is 26.2 Å². The second-order valence-corrected chi connectivity index (χ2v) is 5.16. The fourth-order valence-electron chi connectivity index (χ4n) is 2.62. The zero-order valence-electron chi connectivity index (χ0n) is 10.4. The maximum atomic E-state index is 6.02. The molecule has 2 aliphatic rings. The van der Waals surface area contributed by atoms with Gasteiger partial charge in [0.2, 0.25) is 0 Å². The maximum absolute atomic E-state index is 6.02. The Kier molecular flexibility index (Phi) is 4.04. The SMILES string of the molecule is CN1CCC(CN=C(N)N2CCCCC2)C1. The third kappa shape index (κ3) is 3.11. The molecule has 0 aromatic heterocycles. The molecule has 0 spiro atoms. The molecule has 2 N–H and O–H groups in total. The van der Waals surface area contributed by atoms with Gasteiger partial charge in [0.25, 0.3) is 0 Å². The summed E-state index contributed by atoms with van der Waals surface area (Å²) in [5.74, 6) is 1.49. The van der Waals surface area contributed by atoms with E-state index < -0.39 is 0 Å². The Morgan fingerprint density at radius 2 is 2.00 bits per heavy atom. The third-order valence-electron chi connectivity index (χ3n) is 3.68. The molecule has 4 heteroatoms. The van der Waals surface area contributed by atoms with Crippen molar-refractivity contribution in [3.63, 3.8) is 0 Å². The molecular weight excluding hydrogens is 200 g/mol. The predicted molar refractivity (Wildman–Crippen MR) is 67.5 cm³/mol. The summed E-state index contributed by atoms with van der Waals surface area (Å²) < 4.78 is 0. The number of rotatable bonds is 2. The number of nitrogens with two attached hydrogens (primary N) is 1. The standard InChI is InChI=1S/C12H24N4/c1-15-8-5-11(10-15)9-14-12(13)16-6-3-2-4-7-16/h11H,2-10H2,1H3,(H2,13,14). The van der Waals surface area contributed by atoms with Crippen LogP contribution in [0.5, 0.6) is 0 Å². The van der Waals surface area contributed by atoms with Crippen molar-refractivity contribution in [2.24, 2.45) is 16.6 Å². The molecule has 0 aromatic rings. The van der Waals surface area contributed by atoms with Crippen LogP contribution in [0.1, 0.15) is 25.7 Å². The van der Waals surface area contributed by atoms with Gasteiger partial charge in [-0.15, -0.1) is 0 Å². The van der Waals surface area contributed by atoms with Crippen LogP contribution in [0.3, 0.4) is 0 Å². The van der Waals surface area contributed by atoms with E-state index in [1.807, 2.05) is 0 Å². The summed E-state index contributed by atoms with van der Waals surface area (Å²) in [5.41, 5.74) is 6.02. The molecule has 16 heavy (non-hydrogen) atoms. The van der Waals surface area contributed by atoms with E-state index in [1.165, 1.54) is 38.8 Å². The summed E-state index contributed by atoms with van der Waals surface area (Å²) in [7, 11) is 2.18. The van der Waals surface area contributed by atoms with Crippen LogP contribution >= 0.6 is 0 Å². The highest BCUT2D eigenvalue weighted by Crippen LogP contribution is 2.14. The fourth-order valence-corrected chi connectivity index (χ4v) is 2.62. The van der Waals surface area contributed by atoms with Crippen LogP contribution in [0.4, 0.5) is 0 Å². The van der Waals surface area contributed by atoms with Gasteiger partial charge in [0.05, 0.1) is 0 Å². The number of hydrogen-bond donors (Lipinski definition) is 1. The van der Waals surface area contributed by atoms with Crippen molar-refractivity contribution in [2.45, 2.75) is 25.7 Å². The highest BCUT2D eigenvalue weighted by Gasteiger charge is 2.19. The molecule has 2 aliphatic heterocycles. The smallest absolute Gasteiger partial charge is 0.191 e. The highest BCUT2D eigenvalue weighted by atomic mass is 15.3. The van der Waals surface area contributed by atoms with Crippen molar-refractivity contribution in [3.05, 3.63) is 0 Å². The van der Waals surface area contributed by atoms with Crippen molar-refractivity contribution in [1.29, 1.82) is 0 Å². The molecule has 0 radical (unpaired) electrons. The zero-order valence-corrected chi connectivity index (χ0v) is 10.4. The lowest BCUT2D eigenvalue weighted by atomic mass is 10.1. The molecule has 2 heterocycles. The van der Waals surface area contributed by atoms with Gasteiger partial charge in [0.15, 0.2) is 5.96 Å². The Morgan fingerprint density at radius 3 is 2.62 bits per heavy atom. The number of nitrogens with zero attached hydrogens (tertiary/aromatic N) is 3. The van der Waals surface area contributed by atoms with Gasteiger partial charge < -0.3 is 15.5 Å². The molecule has 2 saturated heterocycles. The van der Waals surface area contributed by atoms with Crippen LogP contribution in [0.25, 0.3) is 0 Å². The Bertz CT molecular complexity index is 245. The van der Waals surface area contributed by atoms with Gasteiger partial charge in [-0.05, 0) is 45.2 Å². The molecule has 4 nitrogen and oxygen atoms in total. The summed E-state index contributed by atoms with van der Waals surface area (Å²) in [6.07, 6.45) is 5.15. The van der Waals surface area contributed by atoms with E-state index in [0.29, 0.717) is 5.92 Å². The first-order valence-corrected chi connectivity index (χ1v) is 6.49. The highest BCUT2D eigenvalue weighted by molar-refractivity contribution is 5.78. The first-order chi connectivity index (χ1) is 7.75. The minimum atomic E-state index is 0.716. The number of aliphatic imine (C=N–C) groups is 1. The molecule has 1 atom stereocenters. The molecule has 0 saturated carbocycles. The Morgan fingerprint density at radius 1 is 1.25 bits per heavy atom. The topological polar surface area (TPSA) is 44.9 Å². The van der Waals surface area contributed by atoms with Crippen molar-refractivity contribution in [1.82, 2.24) is 9.80 Å². The van der Waals surface area contributed by atoms with Crippen LogP contribution in [-0.4, -0.2) is 55.5 Å². The van der Waals surface area contributed by atoms with Gasteiger partial charge in [-0.2, -0.15) is 0 Å². The first kappa shape index (κ1) is 11.7. The number of likely N-dealkylation sites (tertiary alicyclic amines) is 2. The lowest BCUT2D eigenvalue weighted by molar-refractivity contribution is 0.337. The number of piperidine rings is 1. The molecule has 2 rings (SSSR count).